The van der Waals surface area contributed by atoms with Gasteiger partial charge >= 0.3 is 0 Å². The van der Waals surface area contributed by atoms with Crippen molar-refractivity contribution >= 4 is 5.91 Å². The Morgan fingerprint density at radius 2 is 2.00 bits per heavy atom. The second kappa shape index (κ2) is 7.82. The number of benzene rings is 2. The molecule has 0 aliphatic rings. The first kappa shape index (κ1) is 17.7. The van der Waals surface area contributed by atoms with Gasteiger partial charge in [-0.15, -0.1) is 0 Å². The molecule has 1 amide bonds. The molecule has 5 nitrogen and oxygen atoms in total. The maximum Gasteiger partial charge on any atom is 0.254 e. The number of halogens is 1. The van der Waals surface area contributed by atoms with Crippen LogP contribution in [0.3, 0.4) is 0 Å². The van der Waals surface area contributed by atoms with Crippen LogP contribution in [0.1, 0.15) is 22.8 Å². The molecule has 1 heterocycles. The molecule has 0 atom stereocenters. The third-order valence-corrected chi connectivity index (χ3v) is 4.18. The Morgan fingerprint density at radius 1 is 1.23 bits per heavy atom. The smallest absolute Gasteiger partial charge is 0.254 e. The van der Waals surface area contributed by atoms with Gasteiger partial charge in [0.05, 0.1) is 13.4 Å². The van der Waals surface area contributed by atoms with E-state index < -0.39 is 5.82 Å². The van der Waals surface area contributed by atoms with Crippen LogP contribution >= 0.6 is 0 Å². The lowest BCUT2D eigenvalue weighted by molar-refractivity contribution is 0.0752. The molecule has 0 N–H and O–H groups in total. The Kier molecular flexibility index (Phi) is 5.31. The van der Waals surface area contributed by atoms with Gasteiger partial charge < -0.3 is 14.2 Å². The first-order valence-corrected chi connectivity index (χ1v) is 8.32. The average molecular weight is 353 g/mol. The minimum atomic E-state index is -0.432. The van der Waals surface area contributed by atoms with Crippen LogP contribution in [0.4, 0.5) is 4.39 Å². The monoisotopic (exact) mass is 353 g/mol. The number of aromatic nitrogens is 2. The van der Waals surface area contributed by atoms with Crippen LogP contribution < -0.4 is 4.74 Å². The summed E-state index contributed by atoms with van der Waals surface area (Å²) in [5.74, 6) is -0.336. The van der Waals surface area contributed by atoms with Gasteiger partial charge in [0.25, 0.3) is 5.91 Å². The fraction of sp³-hybridized carbons (Fsp3) is 0.200. The number of amides is 1. The molecule has 0 aliphatic heterocycles. The third-order valence-electron chi connectivity index (χ3n) is 4.18. The maximum atomic E-state index is 13.9. The second-order valence-corrected chi connectivity index (χ2v) is 5.81. The number of hydrogen-bond donors (Lipinski definition) is 0. The molecule has 0 spiro atoms. The highest BCUT2D eigenvalue weighted by Crippen LogP contribution is 2.19. The summed E-state index contributed by atoms with van der Waals surface area (Å²) in [7, 11) is 1.42. The Morgan fingerprint density at radius 3 is 2.58 bits per heavy atom. The standard InChI is InChI=1S/C20H20FN3O2/c1-3-23(13-15-4-9-19(26-2)18(21)12-15)20(25)16-5-7-17(8-6-16)24-11-10-22-14-24/h4-12,14H,3,13H2,1-2H3. The minimum absolute atomic E-state index is 0.0964. The number of ether oxygens (including phenoxy) is 1. The molecule has 3 rings (SSSR count). The van der Waals surface area contributed by atoms with Gasteiger partial charge in [0.15, 0.2) is 11.6 Å². The highest BCUT2D eigenvalue weighted by atomic mass is 19.1. The first-order chi connectivity index (χ1) is 12.6. The van der Waals surface area contributed by atoms with Crippen molar-refractivity contribution in [2.45, 2.75) is 13.5 Å². The number of nitrogens with zero attached hydrogens (tertiary/aromatic N) is 3. The lowest BCUT2D eigenvalue weighted by Crippen LogP contribution is -2.30. The fourth-order valence-electron chi connectivity index (χ4n) is 2.73. The second-order valence-electron chi connectivity index (χ2n) is 5.81. The van der Waals surface area contributed by atoms with Crippen LogP contribution in [-0.4, -0.2) is 34.0 Å². The van der Waals surface area contributed by atoms with E-state index in [0.29, 0.717) is 24.2 Å². The molecule has 0 radical (unpaired) electrons. The molecule has 0 fully saturated rings. The molecule has 6 heteroatoms. The Bertz CT molecular complexity index is 877. The van der Waals surface area contributed by atoms with Crippen molar-refractivity contribution in [3.05, 3.63) is 78.1 Å². The van der Waals surface area contributed by atoms with E-state index in [1.54, 1.807) is 41.7 Å². The zero-order valence-electron chi connectivity index (χ0n) is 14.7. The van der Waals surface area contributed by atoms with Crippen molar-refractivity contribution in [2.75, 3.05) is 13.7 Å². The van der Waals surface area contributed by atoms with E-state index in [0.717, 1.165) is 5.69 Å². The van der Waals surface area contributed by atoms with Crippen LogP contribution in [0.15, 0.2) is 61.2 Å². The molecule has 0 saturated carbocycles. The number of methoxy groups -OCH3 is 1. The molecule has 0 bridgehead atoms. The predicted molar refractivity (Wildman–Crippen MR) is 96.9 cm³/mol. The van der Waals surface area contributed by atoms with Gasteiger partial charge in [-0.3, -0.25) is 4.79 Å². The van der Waals surface area contributed by atoms with Crippen LogP contribution in [-0.2, 0) is 6.54 Å². The quantitative estimate of drug-likeness (QED) is 0.679. The van der Waals surface area contributed by atoms with E-state index in [2.05, 4.69) is 4.98 Å². The first-order valence-electron chi connectivity index (χ1n) is 8.32. The average Bonchev–Trinajstić information content (AvgIpc) is 3.20. The molecule has 134 valence electrons. The number of imidazole rings is 1. The van der Waals surface area contributed by atoms with Crippen LogP contribution in [0.5, 0.6) is 5.75 Å². The lowest BCUT2D eigenvalue weighted by atomic mass is 10.1. The van der Waals surface area contributed by atoms with Crippen LogP contribution in [0.25, 0.3) is 5.69 Å². The van der Waals surface area contributed by atoms with E-state index in [4.69, 9.17) is 4.74 Å². The Hall–Kier alpha value is -3.15. The molecule has 0 saturated heterocycles. The topological polar surface area (TPSA) is 47.4 Å². The highest BCUT2D eigenvalue weighted by Gasteiger charge is 2.15. The maximum absolute atomic E-state index is 13.9. The zero-order chi connectivity index (χ0) is 18.5. The fourth-order valence-corrected chi connectivity index (χ4v) is 2.73. The van der Waals surface area contributed by atoms with E-state index >= 15 is 0 Å². The Balaban J connectivity index is 1.75. The molecule has 0 aliphatic carbocycles. The summed E-state index contributed by atoms with van der Waals surface area (Å²) in [6.45, 7) is 2.76. The largest absolute Gasteiger partial charge is 0.494 e. The third kappa shape index (κ3) is 3.74. The molecule has 3 aromatic rings. The number of rotatable bonds is 6. The molecule has 26 heavy (non-hydrogen) atoms. The van der Waals surface area contributed by atoms with E-state index in [-0.39, 0.29) is 11.7 Å². The molecular formula is C20H20FN3O2. The van der Waals surface area contributed by atoms with E-state index in [1.165, 1.54) is 13.2 Å². The number of carbonyl (C=O) groups excluding carboxylic acids is 1. The van der Waals surface area contributed by atoms with Crippen molar-refractivity contribution < 1.29 is 13.9 Å². The number of carbonyl (C=O) groups is 1. The lowest BCUT2D eigenvalue weighted by Gasteiger charge is -2.21. The van der Waals surface area contributed by atoms with Crippen molar-refractivity contribution in [1.29, 1.82) is 0 Å². The molecule has 0 unspecified atom stereocenters. The minimum Gasteiger partial charge on any atom is -0.494 e. The summed E-state index contributed by atoms with van der Waals surface area (Å²) in [5.41, 5.74) is 2.23. The van der Waals surface area contributed by atoms with Crippen molar-refractivity contribution in [2.24, 2.45) is 0 Å². The summed E-state index contributed by atoms with van der Waals surface area (Å²) in [6, 6.07) is 12.1. The van der Waals surface area contributed by atoms with Gasteiger partial charge in [0.1, 0.15) is 0 Å². The summed E-state index contributed by atoms with van der Waals surface area (Å²) >= 11 is 0. The Labute approximate surface area is 151 Å². The highest BCUT2D eigenvalue weighted by molar-refractivity contribution is 5.94. The zero-order valence-corrected chi connectivity index (χ0v) is 14.7. The number of hydrogen-bond acceptors (Lipinski definition) is 3. The van der Waals surface area contributed by atoms with Crippen LogP contribution in [0.2, 0.25) is 0 Å². The van der Waals surface area contributed by atoms with E-state index in [1.807, 2.05) is 29.8 Å². The van der Waals surface area contributed by atoms with Gasteiger partial charge in [-0.25, -0.2) is 9.37 Å². The molecule has 1 aromatic heterocycles. The van der Waals surface area contributed by atoms with Gasteiger partial charge in [0, 0.05) is 36.7 Å². The van der Waals surface area contributed by atoms with Crippen molar-refractivity contribution in [3.63, 3.8) is 0 Å². The predicted octanol–water partition coefficient (Wildman–Crippen LogP) is 3.68. The van der Waals surface area contributed by atoms with Crippen molar-refractivity contribution in [1.82, 2.24) is 14.5 Å². The van der Waals surface area contributed by atoms with Gasteiger partial charge in [-0.1, -0.05) is 6.07 Å². The van der Waals surface area contributed by atoms with Gasteiger partial charge in [-0.2, -0.15) is 0 Å². The van der Waals surface area contributed by atoms with E-state index in [9.17, 15) is 9.18 Å². The summed E-state index contributed by atoms with van der Waals surface area (Å²) in [6.07, 6.45) is 5.24. The van der Waals surface area contributed by atoms with Gasteiger partial charge in [-0.05, 0) is 48.9 Å². The van der Waals surface area contributed by atoms with Crippen molar-refractivity contribution in [3.8, 4) is 11.4 Å². The normalized spacial score (nSPS) is 10.6. The summed E-state index contributed by atoms with van der Waals surface area (Å²) in [5, 5.41) is 0. The molecule has 2 aromatic carbocycles. The molecular weight excluding hydrogens is 333 g/mol. The SMILES string of the molecule is CCN(Cc1ccc(OC)c(F)c1)C(=O)c1ccc(-n2ccnc2)cc1. The van der Waals surface area contributed by atoms with Crippen LogP contribution in [0, 0.1) is 5.82 Å². The summed E-state index contributed by atoms with van der Waals surface area (Å²) in [4.78, 5) is 18.5. The van der Waals surface area contributed by atoms with Gasteiger partial charge in [0.2, 0.25) is 0 Å². The summed E-state index contributed by atoms with van der Waals surface area (Å²) < 4.78 is 20.7.